The Bertz CT molecular complexity index is 499. The van der Waals surface area contributed by atoms with E-state index in [9.17, 15) is 0 Å². The van der Waals surface area contributed by atoms with E-state index < -0.39 is 0 Å². The summed E-state index contributed by atoms with van der Waals surface area (Å²) in [6.07, 6.45) is 0.746. The average molecular weight is 311 g/mol. The lowest BCUT2D eigenvalue weighted by atomic mass is 10.00. The summed E-state index contributed by atoms with van der Waals surface area (Å²) in [7, 11) is 0. The first-order valence-electron chi connectivity index (χ1n) is 5.41. The lowest BCUT2D eigenvalue weighted by Gasteiger charge is -2.13. The van der Waals surface area contributed by atoms with Crippen LogP contribution in [0.1, 0.15) is 17.2 Å². The Morgan fingerprint density at radius 2 is 1.82 bits per heavy atom. The molecular formula is C14H13BrClN. The van der Waals surface area contributed by atoms with Gasteiger partial charge in [-0.25, -0.2) is 0 Å². The molecule has 0 aliphatic heterocycles. The molecule has 2 N–H and O–H groups in total. The van der Waals surface area contributed by atoms with Crippen LogP contribution in [0.5, 0.6) is 0 Å². The van der Waals surface area contributed by atoms with Crippen molar-refractivity contribution < 1.29 is 0 Å². The SMILES string of the molecule is NC(Cc1ccc(Br)cc1Cl)c1ccccc1. The van der Waals surface area contributed by atoms with Crippen molar-refractivity contribution in [1.29, 1.82) is 0 Å². The topological polar surface area (TPSA) is 26.0 Å². The van der Waals surface area contributed by atoms with E-state index in [1.807, 2.05) is 48.5 Å². The molecule has 3 heteroatoms. The smallest absolute Gasteiger partial charge is 0.0449 e. The van der Waals surface area contributed by atoms with Gasteiger partial charge in [-0.3, -0.25) is 0 Å². The van der Waals surface area contributed by atoms with Crippen molar-refractivity contribution in [2.75, 3.05) is 0 Å². The standard InChI is InChI=1S/C14H13BrClN/c15-12-7-6-11(13(16)9-12)8-14(17)10-4-2-1-3-5-10/h1-7,9,14H,8,17H2. The number of halogens is 2. The third kappa shape index (κ3) is 3.32. The van der Waals surface area contributed by atoms with Crippen LogP contribution in [0.3, 0.4) is 0 Å². The van der Waals surface area contributed by atoms with Crippen LogP contribution in [-0.2, 0) is 6.42 Å². The fourth-order valence-electron chi connectivity index (χ4n) is 1.74. The number of nitrogens with two attached hydrogens (primary N) is 1. The Balaban J connectivity index is 2.16. The van der Waals surface area contributed by atoms with Gasteiger partial charge in [-0.2, -0.15) is 0 Å². The van der Waals surface area contributed by atoms with E-state index in [4.69, 9.17) is 17.3 Å². The molecular weight excluding hydrogens is 298 g/mol. The molecule has 0 aliphatic carbocycles. The number of rotatable bonds is 3. The molecule has 0 fully saturated rings. The first-order valence-corrected chi connectivity index (χ1v) is 6.58. The average Bonchev–Trinajstić information content (AvgIpc) is 2.34. The summed E-state index contributed by atoms with van der Waals surface area (Å²) < 4.78 is 0.986. The second-order valence-corrected chi connectivity index (χ2v) is 5.28. The molecule has 0 saturated heterocycles. The van der Waals surface area contributed by atoms with E-state index >= 15 is 0 Å². The van der Waals surface area contributed by atoms with Gasteiger partial charge in [0.15, 0.2) is 0 Å². The van der Waals surface area contributed by atoms with E-state index in [2.05, 4.69) is 15.9 Å². The van der Waals surface area contributed by atoms with Gasteiger partial charge in [-0.05, 0) is 29.7 Å². The van der Waals surface area contributed by atoms with Crippen LogP contribution in [0, 0.1) is 0 Å². The summed E-state index contributed by atoms with van der Waals surface area (Å²) in [6.45, 7) is 0. The van der Waals surface area contributed by atoms with Crippen LogP contribution < -0.4 is 5.73 Å². The van der Waals surface area contributed by atoms with Gasteiger partial charge in [-0.1, -0.05) is 63.9 Å². The van der Waals surface area contributed by atoms with Crippen LogP contribution in [0.15, 0.2) is 53.0 Å². The first-order chi connectivity index (χ1) is 8.16. The van der Waals surface area contributed by atoms with Crippen LogP contribution in [0.4, 0.5) is 0 Å². The highest BCUT2D eigenvalue weighted by molar-refractivity contribution is 9.10. The molecule has 88 valence electrons. The molecule has 1 atom stereocenters. The lowest BCUT2D eigenvalue weighted by Crippen LogP contribution is -2.13. The van der Waals surface area contributed by atoms with Crippen molar-refractivity contribution in [2.45, 2.75) is 12.5 Å². The van der Waals surface area contributed by atoms with Gasteiger partial charge >= 0.3 is 0 Å². The van der Waals surface area contributed by atoms with Crippen molar-refractivity contribution in [2.24, 2.45) is 5.73 Å². The van der Waals surface area contributed by atoms with Crippen molar-refractivity contribution in [3.05, 3.63) is 69.2 Å². The largest absolute Gasteiger partial charge is 0.324 e. The van der Waals surface area contributed by atoms with Gasteiger partial charge in [0.1, 0.15) is 0 Å². The van der Waals surface area contributed by atoms with Crippen LogP contribution in [0.25, 0.3) is 0 Å². The van der Waals surface area contributed by atoms with E-state index in [0.29, 0.717) is 0 Å². The molecule has 2 rings (SSSR count). The van der Waals surface area contributed by atoms with Gasteiger partial charge in [0, 0.05) is 15.5 Å². The lowest BCUT2D eigenvalue weighted by molar-refractivity contribution is 0.722. The monoisotopic (exact) mass is 309 g/mol. The summed E-state index contributed by atoms with van der Waals surface area (Å²) >= 11 is 9.57. The molecule has 17 heavy (non-hydrogen) atoms. The molecule has 1 nitrogen and oxygen atoms in total. The highest BCUT2D eigenvalue weighted by Crippen LogP contribution is 2.25. The first kappa shape index (κ1) is 12.6. The molecule has 0 heterocycles. The fourth-order valence-corrected chi connectivity index (χ4v) is 2.49. The molecule has 1 unspecified atom stereocenters. The summed E-state index contributed by atoms with van der Waals surface area (Å²) in [5.74, 6) is 0. The predicted octanol–water partition coefficient (Wildman–Crippen LogP) is 4.35. The van der Waals surface area contributed by atoms with Gasteiger partial charge < -0.3 is 5.73 Å². The van der Waals surface area contributed by atoms with Crippen molar-refractivity contribution >= 4 is 27.5 Å². The molecule has 0 radical (unpaired) electrons. The van der Waals surface area contributed by atoms with E-state index in [1.54, 1.807) is 0 Å². The van der Waals surface area contributed by atoms with E-state index in [0.717, 1.165) is 27.0 Å². The molecule has 0 aromatic heterocycles. The number of hydrogen-bond donors (Lipinski definition) is 1. The minimum Gasteiger partial charge on any atom is -0.324 e. The summed E-state index contributed by atoms with van der Waals surface area (Å²) in [5, 5.41) is 0.755. The van der Waals surface area contributed by atoms with Gasteiger partial charge in [0.25, 0.3) is 0 Å². The molecule has 0 bridgehead atoms. The highest BCUT2D eigenvalue weighted by Gasteiger charge is 2.09. The zero-order valence-corrected chi connectivity index (χ0v) is 11.6. The number of benzene rings is 2. The summed E-state index contributed by atoms with van der Waals surface area (Å²) in [5.41, 5.74) is 8.37. The van der Waals surface area contributed by atoms with Gasteiger partial charge in [-0.15, -0.1) is 0 Å². The van der Waals surface area contributed by atoms with Crippen LogP contribution in [-0.4, -0.2) is 0 Å². The van der Waals surface area contributed by atoms with E-state index in [1.165, 1.54) is 0 Å². The zero-order valence-electron chi connectivity index (χ0n) is 9.24. The maximum absolute atomic E-state index is 6.18. The Morgan fingerprint density at radius 1 is 1.12 bits per heavy atom. The Kier molecular flexibility index (Phi) is 4.21. The number of hydrogen-bond acceptors (Lipinski definition) is 1. The van der Waals surface area contributed by atoms with Crippen molar-refractivity contribution in [3.63, 3.8) is 0 Å². The Morgan fingerprint density at radius 3 is 2.47 bits per heavy atom. The molecule has 0 spiro atoms. The van der Waals surface area contributed by atoms with Gasteiger partial charge in [0.2, 0.25) is 0 Å². The highest BCUT2D eigenvalue weighted by atomic mass is 79.9. The molecule has 2 aromatic rings. The minimum atomic E-state index is -0.0186. The second-order valence-electron chi connectivity index (χ2n) is 3.96. The molecule has 0 aliphatic rings. The minimum absolute atomic E-state index is 0.0186. The van der Waals surface area contributed by atoms with Crippen molar-refractivity contribution in [1.82, 2.24) is 0 Å². The molecule has 0 saturated carbocycles. The van der Waals surface area contributed by atoms with Gasteiger partial charge in [0.05, 0.1) is 0 Å². The summed E-state index contributed by atoms with van der Waals surface area (Å²) in [4.78, 5) is 0. The quantitative estimate of drug-likeness (QED) is 0.896. The van der Waals surface area contributed by atoms with Crippen LogP contribution in [0.2, 0.25) is 5.02 Å². The maximum Gasteiger partial charge on any atom is 0.0449 e. The maximum atomic E-state index is 6.18. The van der Waals surface area contributed by atoms with Crippen LogP contribution >= 0.6 is 27.5 Å². The Labute approximate surface area is 115 Å². The normalized spacial score (nSPS) is 12.4. The second kappa shape index (κ2) is 5.67. The fraction of sp³-hybridized carbons (Fsp3) is 0.143. The van der Waals surface area contributed by atoms with Crippen molar-refractivity contribution in [3.8, 4) is 0 Å². The molecule has 2 aromatic carbocycles. The third-order valence-corrected chi connectivity index (χ3v) is 3.53. The summed E-state index contributed by atoms with van der Waals surface area (Å²) in [6, 6.07) is 15.9. The predicted molar refractivity (Wildman–Crippen MR) is 76.2 cm³/mol. The zero-order chi connectivity index (χ0) is 12.3. The van der Waals surface area contributed by atoms with E-state index in [-0.39, 0.29) is 6.04 Å². The molecule has 0 amide bonds. The Hall–Kier alpha value is -0.830. The third-order valence-electron chi connectivity index (χ3n) is 2.68.